The Morgan fingerprint density at radius 1 is 0.500 bits per heavy atom. The summed E-state index contributed by atoms with van der Waals surface area (Å²) in [7, 11) is 0. The van der Waals surface area contributed by atoms with Crippen LogP contribution in [0.25, 0.3) is 22.3 Å². The van der Waals surface area contributed by atoms with Crippen LogP contribution in [-0.2, 0) is 28.2 Å². The fraction of sp³-hybridized carbons (Fsp3) is 0.294. The third-order valence-electron chi connectivity index (χ3n) is 19.7. The molecule has 3 nitrogen and oxygen atoms in total. The van der Waals surface area contributed by atoms with Crippen LogP contribution in [0.15, 0.2) is 164 Å². The van der Waals surface area contributed by atoms with Gasteiger partial charge >= 0.3 is 0 Å². The third-order valence-corrected chi connectivity index (χ3v) is 19.7. The number of hydrogen-bond donors (Lipinski definition) is 0. The zero-order chi connectivity index (χ0) is 49.3. The molecule has 6 aliphatic rings. The predicted octanol–water partition coefficient (Wildman–Crippen LogP) is 15.6. The first-order chi connectivity index (χ1) is 34.6. The molecule has 0 saturated heterocycles. The van der Waals surface area contributed by atoms with Gasteiger partial charge in [0, 0.05) is 50.6 Å². The number of nitrogens with zero attached hydrogens (tertiary/aromatic N) is 3. The minimum absolute atomic E-state index is 0.00309. The third kappa shape index (κ3) is 5.65. The Kier molecular flexibility index (Phi) is 9.10. The SMILES string of the molecule is Cc1cc(C)c2c(c1)N(c1cc3c4c(c1)N1c5c(cc(C(C)(C)C)cc5C5(C)CCc6ccccc6C15C)B4c1cc(-c4ccccc4)ccc1N3c1ccc(-c3ccccc3)cc1)C1(C)CCCCC21C. The highest BCUT2D eigenvalue weighted by atomic mass is 15.3. The van der Waals surface area contributed by atoms with E-state index in [2.05, 4.69) is 241 Å². The minimum atomic E-state index is -0.361. The first-order valence-electron chi connectivity index (χ1n) is 27.0. The molecule has 0 bridgehead atoms. The Morgan fingerprint density at radius 2 is 1.15 bits per heavy atom. The zero-order valence-corrected chi connectivity index (χ0v) is 43.8. The van der Waals surface area contributed by atoms with E-state index in [1.54, 1.807) is 5.56 Å². The van der Waals surface area contributed by atoms with Crippen molar-refractivity contribution in [3.05, 3.63) is 203 Å². The van der Waals surface area contributed by atoms with Crippen LogP contribution < -0.4 is 31.1 Å². The Morgan fingerprint density at radius 3 is 1.89 bits per heavy atom. The van der Waals surface area contributed by atoms with E-state index in [-0.39, 0.29) is 34.0 Å². The van der Waals surface area contributed by atoms with Crippen LogP contribution in [0.1, 0.15) is 120 Å². The highest BCUT2D eigenvalue weighted by Crippen LogP contribution is 2.67. The maximum atomic E-state index is 2.92. The van der Waals surface area contributed by atoms with Crippen molar-refractivity contribution in [2.24, 2.45) is 0 Å². The summed E-state index contributed by atoms with van der Waals surface area (Å²) in [4.78, 5) is 8.44. The number of rotatable bonds is 4. The van der Waals surface area contributed by atoms with Crippen molar-refractivity contribution in [3.8, 4) is 22.3 Å². The molecule has 2 aliphatic carbocycles. The van der Waals surface area contributed by atoms with Crippen LogP contribution in [-0.4, -0.2) is 12.3 Å². The zero-order valence-electron chi connectivity index (χ0n) is 43.8. The van der Waals surface area contributed by atoms with Gasteiger partial charge in [-0.3, -0.25) is 0 Å². The van der Waals surface area contributed by atoms with E-state index in [9.17, 15) is 0 Å². The molecule has 1 fully saturated rings. The minimum Gasteiger partial charge on any atom is -0.334 e. The molecule has 4 heterocycles. The summed E-state index contributed by atoms with van der Waals surface area (Å²) in [6.45, 7) is 22.4. The second-order valence-electron chi connectivity index (χ2n) is 24.5. The summed E-state index contributed by atoms with van der Waals surface area (Å²) in [6, 6.07) is 63.8. The molecule has 14 rings (SSSR count). The summed E-state index contributed by atoms with van der Waals surface area (Å²) in [5.41, 5.74) is 27.9. The molecule has 4 unspecified atom stereocenters. The van der Waals surface area contributed by atoms with E-state index >= 15 is 0 Å². The molecule has 356 valence electrons. The van der Waals surface area contributed by atoms with Crippen molar-refractivity contribution in [1.82, 2.24) is 0 Å². The van der Waals surface area contributed by atoms with Crippen molar-refractivity contribution < 1.29 is 0 Å². The molecule has 0 spiro atoms. The van der Waals surface area contributed by atoms with Gasteiger partial charge in [0.1, 0.15) is 0 Å². The Balaban J connectivity index is 1.13. The maximum absolute atomic E-state index is 2.92. The summed E-state index contributed by atoms with van der Waals surface area (Å²) < 4.78 is 0. The lowest BCUT2D eigenvalue weighted by molar-refractivity contribution is 0.194. The second-order valence-corrected chi connectivity index (χ2v) is 24.5. The summed E-state index contributed by atoms with van der Waals surface area (Å²) in [6.07, 6.45) is 7.00. The van der Waals surface area contributed by atoms with Crippen LogP contribution in [0.5, 0.6) is 0 Å². The average Bonchev–Trinajstić information content (AvgIpc) is 3.73. The van der Waals surface area contributed by atoms with Crippen LogP contribution in [0.2, 0.25) is 0 Å². The molecular formula is C68H66BN3. The largest absolute Gasteiger partial charge is 0.334 e. The van der Waals surface area contributed by atoms with E-state index < -0.39 is 0 Å². The highest BCUT2D eigenvalue weighted by Gasteiger charge is 2.64. The molecule has 1 saturated carbocycles. The number of fused-ring (bicyclic) bond motifs is 12. The summed E-state index contributed by atoms with van der Waals surface area (Å²) in [5.74, 6) is 0. The quantitative estimate of drug-likeness (QED) is 0.163. The molecule has 8 aromatic rings. The number of benzene rings is 8. The van der Waals surface area contributed by atoms with Gasteiger partial charge in [0.15, 0.2) is 0 Å². The average molecular weight is 936 g/mol. The first-order valence-corrected chi connectivity index (χ1v) is 27.0. The molecule has 4 heteroatoms. The van der Waals surface area contributed by atoms with E-state index in [1.807, 2.05) is 0 Å². The van der Waals surface area contributed by atoms with Crippen molar-refractivity contribution >= 4 is 62.9 Å². The van der Waals surface area contributed by atoms with Crippen LogP contribution in [0.4, 0.5) is 39.8 Å². The van der Waals surface area contributed by atoms with Crippen LogP contribution in [0.3, 0.4) is 0 Å². The smallest absolute Gasteiger partial charge is 0.252 e. The highest BCUT2D eigenvalue weighted by molar-refractivity contribution is 7.00. The topological polar surface area (TPSA) is 9.72 Å². The Labute approximate surface area is 428 Å². The molecule has 0 radical (unpaired) electrons. The van der Waals surface area contributed by atoms with Crippen molar-refractivity contribution in [2.75, 3.05) is 14.7 Å². The molecule has 72 heavy (non-hydrogen) atoms. The molecule has 4 atom stereocenters. The van der Waals surface area contributed by atoms with E-state index in [4.69, 9.17) is 0 Å². The molecule has 0 aromatic heterocycles. The fourth-order valence-corrected chi connectivity index (χ4v) is 15.8. The van der Waals surface area contributed by atoms with Crippen LogP contribution >= 0.6 is 0 Å². The maximum Gasteiger partial charge on any atom is 0.252 e. The normalized spacial score (nSPS) is 24.0. The molecular weight excluding hydrogens is 870 g/mol. The van der Waals surface area contributed by atoms with Crippen LogP contribution in [0, 0.1) is 13.8 Å². The summed E-state index contributed by atoms with van der Waals surface area (Å²) >= 11 is 0. The lowest BCUT2D eigenvalue weighted by atomic mass is 9.33. The molecule has 8 aromatic carbocycles. The number of hydrogen-bond acceptors (Lipinski definition) is 3. The van der Waals surface area contributed by atoms with Gasteiger partial charge in [-0.05, 0) is 173 Å². The van der Waals surface area contributed by atoms with E-state index in [1.165, 1.54) is 131 Å². The van der Waals surface area contributed by atoms with Gasteiger partial charge in [0.05, 0.1) is 11.1 Å². The Bertz CT molecular complexity index is 3570. The molecule has 0 N–H and O–H groups in total. The second kappa shape index (κ2) is 14.9. The number of aryl methyl sites for hydroxylation is 3. The van der Waals surface area contributed by atoms with E-state index in [0.717, 1.165) is 19.3 Å². The predicted molar refractivity (Wildman–Crippen MR) is 306 cm³/mol. The lowest BCUT2D eigenvalue weighted by Gasteiger charge is -2.54. The lowest BCUT2D eigenvalue weighted by Crippen LogP contribution is -2.64. The van der Waals surface area contributed by atoms with Gasteiger partial charge in [-0.25, -0.2) is 0 Å². The van der Waals surface area contributed by atoms with Crippen molar-refractivity contribution in [2.45, 2.75) is 128 Å². The first kappa shape index (κ1) is 44.0. The standard InChI is InChI=1S/C68H66BN3/c1-43-36-44(2)61-58(37-43)71(67(8)34-19-18-33-66(61,67)7)52-41-59-62-60(42-52)72-63-54(65(6)35-32-48-24-16-17-25-53(48)68(65,72)9)39-50(64(3,4)5)40-56(63)69(62)55-38-49(46-22-14-11-15-23-46)28-31-57(55)70(59)51-29-26-47(27-30-51)45-20-12-10-13-21-45/h10-17,20-31,36-42H,18-19,32-35H2,1-9H3. The van der Waals surface area contributed by atoms with Gasteiger partial charge in [-0.2, -0.15) is 0 Å². The summed E-state index contributed by atoms with van der Waals surface area (Å²) in [5, 5.41) is 0. The van der Waals surface area contributed by atoms with Crippen molar-refractivity contribution in [3.63, 3.8) is 0 Å². The number of anilines is 7. The molecule has 4 aliphatic heterocycles. The molecule has 0 amide bonds. The van der Waals surface area contributed by atoms with Gasteiger partial charge < -0.3 is 14.7 Å². The fourth-order valence-electron chi connectivity index (χ4n) is 15.8. The van der Waals surface area contributed by atoms with Gasteiger partial charge in [-0.1, -0.05) is 175 Å². The monoisotopic (exact) mass is 936 g/mol. The van der Waals surface area contributed by atoms with Crippen molar-refractivity contribution in [1.29, 1.82) is 0 Å². The van der Waals surface area contributed by atoms with Gasteiger partial charge in [-0.15, -0.1) is 0 Å². The van der Waals surface area contributed by atoms with Gasteiger partial charge in [0.2, 0.25) is 0 Å². The van der Waals surface area contributed by atoms with Gasteiger partial charge in [0.25, 0.3) is 6.71 Å². The Hall–Kier alpha value is -6.78. The van der Waals surface area contributed by atoms with E-state index in [0.29, 0.717) is 0 Å².